The van der Waals surface area contributed by atoms with Gasteiger partial charge in [-0.25, -0.2) is 0 Å². The Kier molecular flexibility index (Phi) is 6.35. The van der Waals surface area contributed by atoms with Crippen molar-refractivity contribution in [1.82, 2.24) is 0 Å². The summed E-state index contributed by atoms with van der Waals surface area (Å²) in [5, 5.41) is 0.702. The highest BCUT2D eigenvalue weighted by Gasteiger charge is 2.22. The third-order valence-corrected chi connectivity index (χ3v) is 4.06. The fraction of sp³-hybridized carbons (Fsp3) is 0.647. The second-order valence-corrected chi connectivity index (χ2v) is 6.62. The standard InChI is InChI=1S/C17H28ClNO/c1-6-8-20-16-13(9-12(3)19)10-14(11-15(16)18)17(4,5)7-2/h10-12H,6-9,19H2,1-5H3. The molecule has 114 valence electrons. The highest BCUT2D eigenvalue weighted by molar-refractivity contribution is 6.32. The van der Waals surface area contributed by atoms with E-state index in [0.29, 0.717) is 11.6 Å². The van der Waals surface area contributed by atoms with Gasteiger partial charge in [0.1, 0.15) is 5.75 Å². The smallest absolute Gasteiger partial charge is 0.141 e. The van der Waals surface area contributed by atoms with Crippen LogP contribution in [0.4, 0.5) is 0 Å². The summed E-state index contributed by atoms with van der Waals surface area (Å²) in [6, 6.07) is 4.35. The van der Waals surface area contributed by atoms with Crippen molar-refractivity contribution in [3.8, 4) is 5.75 Å². The largest absolute Gasteiger partial charge is 0.492 e. The summed E-state index contributed by atoms with van der Waals surface area (Å²) in [6.07, 6.45) is 2.82. The fourth-order valence-corrected chi connectivity index (χ4v) is 2.40. The Morgan fingerprint density at radius 1 is 1.30 bits per heavy atom. The zero-order valence-electron chi connectivity index (χ0n) is 13.4. The number of nitrogens with two attached hydrogens (primary N) is 1. The molecule has 1 aromatic rings. The summed E-state index contributed by atoms with van der Waals surface area (Å²) < 4.78 is 5.83. The minimum atomic E-state index is 0.0926. The van der Waals surface area contributed by atoms with Gasteiger partial charge in [0.15, 0.2) is 0 Å². The average Bonchev–Trinajstić information content (AvgIpc) is 2.36. The quantitative estimate of drug-likeness (QED) is 0.791. The minimum Gasteiger partial charge on any atom is -0.492 e. The van der Waals surface area contributed by atoms with Crippen LogP contribution in [-0.4, -0.2) is 12.6 Å². The molecule has 1 aromatic carbocycles. The first kappa shape index (κ1) is 17.3. The molecule has 0 bridgehead atoms. The predicted molar refractivity (Wildman–Crippen MR) is 87.9 cm³/mol. The molecule has 0 amide bonds. The summed E-state index contributed by atoms with van der Waals surface area (Å²) in [4.78, 5) is 0. The highest BCUT2D eigenvalue weighted by Crippen LogP contribution is 2.37. The maximum absolute atomic E-state index is 6.45. The molecule has 0 aliphatic rings. The molecular weight excluding hydrogens is 270 g/mol. The van der Waals surface area contributed by atoms with Crippen LogP contribution in [0.3, 0.4) is 0 Å². The van der Waals surface area contributed by atoms with E-state index in [2.05, 4.69) is 33.8 Å². The topological polar surface area (TPSA) is 35.2 Å². The molecule has 2 N–H and O–H groups in total. The first-order valence-corrected chi connectivity index (χ1v) is 7.90. The van der Waals surface area contributed by atoms with Gasteiger partial charge in [0.2, 0.25) is 0 Å². The lowest BCUT2D eigenvalue weighted by atomic mass is 9.81. The van der Waals surface area contributed by atoms with Crippen molar-refractivity contribution in [3.63, 3.8) is 0 Å². The Morgan fingerprint density at radius 2 is 1.95 bits per heavy atom. The molecule has 0 aromatic heterocycles. The number of rotatable bonds is 7. The molecule has 0 aliphatic carbocycles. The molecule has 3 heteroatoms. The maximum Gasteiger partial charge on any atom is 0.141 e. The van der Waals surface area contributed by atoms with E-state index in [4.69, 9.17) is 22.1 Å². The van der Waals surface area contributed by atoms with Crippen LogP contribution in [0, 0.1) is 0 Å². The Bertz CT molecular complexity index is 441. The first-order chi connectivity index (χ1) is 9.31. The monoisotopic (exact) mass is 297 g/mol. The van der Waals surface area contributed by atoms with Gasteiger partial charge in [-0.1, -0.05) is 45.4 Å². The van der Waals surface area contributed by atoms with Crippen LogP contribution in [0.25, 0.3) is 0 Å². The molecule has 20 heavy (non-hydrogen) atoms. The van der Waals surface area contributed by atoms with Crippen molar-refractivity contribution in [1.29, 1.82) is 0 Å². The Morgan fingerprint density at radius 3 is 2.45 bits per heavy atom. The highest BCUT2D eigenvalue weighted by atomic mass is 35.5. The third-order valence-electron chi connectivity index (χ3n) is 3.78. The lowest BCUT2D eigenvalue weighted by molar-refractivity contribution is 0.313. The number of halogens is 1. The lowest BCUT2D eigenvalue weighted by Gasteiger charge is -2.26. The zero-order chi connectivity index (χ0) is 15.3. The number of benzene rings is 1. The van der Waals surface area contributed by atoms with Crippen molar-refractivity contribution in [3.05, 3.63) is 28.3 Å². The van der Waals surface area contributed by atoms with E-state index in [1.807, 2.05) is 13.0 Å². The summed E-state index contributed by atoms with van der Waals surface area (Å²) in [5.74, 6) is 0.807. The van der Waals surface area contributed by atoms with Gasteiger partial charge < -0.3 is 10.5 Å². The second kappa shape index (κ2) is 7.33. The predicted octanol–water partition coefficient (Wildman–Crippen LogP) is 4.71. The molecule has 2 nitrogen and oxygen atoms in total. The number of ether oxygens (including phenoxy) is 1. The normalized spacial score (nSPS) is 13.3. The maximum atomic E-state index is 6.45. The Hall–Kier alpha value is -0.730. The van der Waals surface area contributed by atoms with Gasteiger partial charge in [-0.2, -0.15) is 0 Å². The van der Waals surface area contributed by atoms with Crippen molar-refractivity contribution < 1.29 is 4.74 Å². The Balaban J connectivity index is 3.25. The molecule has 1 rings (SSSR count). The van der Waals surface area contributed by atoms with Crippen LogP contribution < -0.4 is 10.5 Å². The summed E-state index contributed by atoms with van der Waals surface area (Å²) in [7, 11) is 0. The van der Waals surface area contributed by atoms with Crippen LogP contribution in [0.5, 0.6) is 5.75 Å². The van der Waals surface area contributed by atoms with Gasteiger partial charge in [-0.15, -0.1) is 0 Å². The summed E-state index contributed by atoms with van der Waals surface area (Å²) in [6.45, 7) is 11.5. The van der Waals surface area contributed by atoms with Crippen molar-refractivity contribution in [2.75, 3.05) is 6.61 Å². The van der Waals surface area contributed by atoms with E-state index in [0.717, 1.165) is 30.6 Å². The molecule has 0 fully saturated rings. The van der Waals surface area contributed by atoms with E-state index in [-0.39, 0.29) is 11.5 Å². The molecule has 0 aliphatic heterocycles. The molecule has 0 radical (unpaired) electrons. The van der Waals surface area contributed by atoms with E-state index in [9.17, 15) is 0 Å². The number of hydrogen-bond donors (Lipinski definition) is 1. The molecule has 1 unspecified atom stereocenters. The van der Waals surface area contributed by atoms with E-state index < -0.39 is 0 Å². The van der Waals surface area contributed by atoms with Crippen molar-refractivity contribution in [2.45, 2.75) is 65.3 Å². The van der Waals surface area contributed by atoms with E-state index in [1.165, 1.54) is 5.56 Å². The second-order valence-electron chi connectivity index (χ2n) is 6.21. The molecule has 0 saturated heterocycles. The number of hydrogen-bond acceptors (Lipinski definition) is 2. The third kappa shape index (κ3) is 4.39. The van der Waals surface area contributed by atoms with Crippen LogP contribution in [0.15, 0.2) is 12.1 Å². The zero-order valence-corrected chi connectivity index (χ0v) is 14.2. The van der Waals surface area contributed by atoms with Crippen LogP contribution in [-0.2, 0) is 11.8 Å². The minimum absolute atomic E-state index is 0.0926. The van der Waals surface area contributed by atoms with Crippen molar-refractivity contribution >= 4 is 11.6 Å². The van der Waals surface area contributed by atoms with Gasteiger partial charge in [0.05, 0.1) is 11.6 Å². The SMILES string of the molecule is CCCOc1c(Cl)cc(C(C)(C)CC)cc1CC(C)N. The van der Waals surface area contributed by atoms with E-state index in [1.54, 1.807) is 0 Å². The van der Waals surface area contributed by atoms with E-state index >= 15 is 0 Å². The molecular formula is C17H28ClNO. The molecule has 0 spiro atoms. The summed E-state index contributed by atoms with van der Waals surface area (Å²) in [5.41, 5.74) is 8.45. The molecule has 0 heterocycles. The first-order valence-electron chi connectivity index (χ1n) is 7.53. The van der Waals surface area contributed by atoms with Crippen LogP contribution >= 0.6 is 11.6 Å². The van der Waals surface area contributed by atoms with Gasteiger partial charge in [0, 0.05) is 6.04 Å². The fourth-order valence-electron chi connectivity index (χ4n) is 2.11. The van der Waals surface area contributed by atoms with Gasteiger partial charge in [0.25, 0.3) is 0 Å². The van der Waals surface area contributed by atoms with Gasteiger partial charge in [-0.3, -0.25) is 0 Å². The van der Waals surface area contributed by atoms with Crippen molar-refractivity contribution in [2.24, 2.45) is 5.73 Å². The Labute approximate surface area is 128 Å². The summed E-state index contributed by atoms with van der Waals surface area (Å²) >= 11 is 6.45. The van der Waals surface area contributed by atoms with Crippen LogP contribution in [0.1, 0.15) is 58.6 Å². The lowest BCUT2D eigenvalue weighted by Crippen LogP contribution is -2.20. The van der Waals surface area contributed by atoms with Gasteiger partial charge >= 0.3 is 0 Å². The molecule has 1 atom stereocenters. The average molecular weight is 298 g/mol. The van der Waals surface area contributed by atoms with Gasteiger partial charge in [-0.05, 0) is 48.8 Å². The molecule has 0 saturated carbocycles. The van der Waals surface area contributed by atoms with Crippen LogP contribution in [0.2, 0.25) is 5.02 Å².